The lowest BCUT2D eigenvalue weighted by atomic mass is 9.99. The van der Waals surface area contributed by atoms with Crippen LogP contribution in [0.4, 0.5) is 0 Å². The second kappa shape index (κ2) is 7.37. The minimum atomic E-state index is 0.0661. The fraction of sp³-hybridized carbons (Fsp3) is 0.500. The van der Waals surface area contributed by atoms with Crippen molar-refractivity contribution >= 4 is 16.7 Å². The summed E-state index contributed by atoms with van der Waals surface area (Å²) in [6.07, 6.45) is 3.56. The number of nitrogens with zero attached hydrogens (tertiary/aromatic N) is 2. The third-order valence-electron chi connectivity index (χ3n) is 6.15. The van der Waals surface area contributed by atoms with E-state index < -0.39 is 0 Å². The molecule has 2 heterocycles. The van der Waals surface area contributed by atoms with Crippen molar-refractivity contribution < 1.29 is 4.79 Å². The highest BCUT2D eigenvalue weighted by atomic mass is 16.1. The summed E-state index contributed by atoms with van der Waals surface area (Å²) in [5.41, 5.74) is 2.01. The van der Waals surface area contributed by atoms with Crippen LogP contribution in [0.5, 0.6) is 0 Å². The molecule has 0 bridgehead atoms. The van der Waals surface area contributed by atoms with Gasteiger partial charge < -0.3 is 10.2 Å². The number of hydrogen-bond acceptors (Lipinski definition) is 3. The summed E-state index contributed by atoms with van der Waals surface area (Å²) in [4.78, 5) is 17.9. The molecule has 26 heavy (non-hydrogen) atoms. The first-order chi connectivity index (χ1) is 12.6. The average molecular weight is 351 g/mol. The van der Waals surface area contributed by atoms with Gasteiger partial charge in [0.05, 0.1) is 0 Å². The van der Waals surface area contributed by atoms with Crippen molar-refractivity contribution in [1.82, 2.24) is 15.1 Å². The Kier molecular flexibility index (Phi) is 4.96. The molecule has 4 rings (SSSR count). The third-order valence-corrected chi connectivity index (χ3v) is 6.15. The number of hydrogen-bond donors (Lipinski definition) is 1. The van der Waals surface area contributed by atoms with Gasteiger partial charge in [-0.25, -0.2) is 0 Å². The highest BCUT2D eigenvalue weighted by molar-refractivity contribution is 6.07. The topological polar surface area (TPSA) is 35.6 Å². The van der Waals surface area contributed by atoms with Crippen LogP contribution in [0.3, 0.4) is 0 Å². The monoisotopic (exact) mass is 351 g/mol. The number of carbonyl (C=O) groups is 1. The number of benzene rings is 2. The molecule has 0 radical (unpaired) electrons. The van der Waals surface area contributed by atoms with E-state index in [4.69, 9.17) is 0 Å². The van der Waals surface area contributed by atoms with E-state index in [0.29, 0.717) is 6.04 Å². The third kappa shape index (κ3) is 3.49. The number of piperidine rings is 1. The van der Waals surface area contributed by atoms with Crippen molar-refractivity contribution in [2.24, 2.45) is 0 Å². The first-order valence-corrected chi connectivity index (χ1v) is 9.83. The van der Waals surface area contributed by atoms with Gasteiger partial charge in [0.2, 0.25) is 0 Å². The molecule has 0 saturated carbocycles. The molecular weight excluding hydrogens is 322 g/mol. The van der Waals surface area contributed by atoms with Gasteiger partial charge >= 0.3 is 0 Å². The summed E-state index contributed by atoms with van der Waals surface area (Å²) >= 11 is 0. The van der Waals surface area contributed by atoms with Crippen molar-refractivity contribution in [2.75, 3.05) is 33.2 Å². The van der Waals surface area contributed by atoms with Gasteiger partial charge in [-0.2, -0.15) is 0 Å². The summed E-state index contributed by atoms with van der Waals surface area (Å²) in [5.74, 6) is 0.0661. The van der Waals surface area contributed by atoms with Gasteiger partial charge in [-0.3, -0.25) is 9.69 Å². The van der Waals surface area contributed by atoms with Crippen LogP contribution < -0.4 is 5.32 Å². The molecule has 4 nitrogen and oxygen atoms in total. The number of nitrogens with one attached hydrogen (secondary N) is 1. The summed E-state index contributed by atoms with van der Waals surface area (Å²) < 4.78 is 0. The van der Waals surface area contributed by atoms with Gasteiger partial charge in [0.25, 0.3) is 5.91 Å². The van der Waals surface area contributed by atoms with E-state index in [9.17, 15) is 4.79 Å². The molecule has 2 aliphatic heterocycles. The molecule has 138 valence electrons. The first kappa shape index (κ1) is 17.5. The van der Waals surface area contributed by atoms with Crippen molar-refractivity contribution in [3.63, 3.8) is 0 Å². The normalized spacial score (nSPS) is 22.8. The molecule has 1 amide bonds. The van der Waals surface area contributed by atoms with Crippen LogP contribution in [0.25, 0.3) is 10.8 Å². The Bertz CT molecular complexity index is 795. The molecule has 2 aliphatic rings. The van der Waals surface area contributed by atoms with Gasteiger partial charge in [-0.05, 0) is 68.7 Å². The predicted octanol–water partition coefficient (Wildman–Crippen LogP) is 3.05. The fourth-order valence-electron chi connectivity index (χ4n) is 4.51. The Balaban J connectivity index is 1.42. The Morgan fingerprint density at radius 1 is 1.00 bits per heavy atom. The molecule has 1 N–H and O–H groups in total. The van der Waals surface area contributed by atoms with E-state index >= 15 is 0 Å². The van der Waals surface area contributed by atoms with E-state index in [1.807, 2.05) is 18.2 Å². The Hall–Kier alpha value is -1.91. The molecule has 0 aliphatic carbocycles. The van der Waals surface area contributed by atoms with Crippen LogP contribution in [0.1, 0.15) is 35.2 Å². The van der Waals surface area contributed by atoms with Crippen LogP contribution in [0.2, 0.25) is 0 Å². The zero-order valence-corrected chi connectivity index (χ0v) is 15.9. The smallest absolute Gasteiger partial charge is 0.252 e. The second-order valence-corrected chi connectivity index (χ2v) is 7.96. The van der Waals surface area contributed by atoms with E-state index in [1.165, 1.54) is 36.9 Å². The predicted molar refractivity (Wildman–Crippen MR) is 107 cm³/mol. The molecule has 2 aromatic rings. The van der Waals surface area contributed by atoms with Gasteiger partial charge in [-0.1, -0.05) is 30.3 Å². The molecule has 0 spiro atoms. The summed E-state index contributed by atoms with van der Waals surface area (Å²) in [5, 5.41) is 5.51. The lowest BCUT2D eigenvalue weighted by Gasteiger charge is -2.35. The lowest BCUT2D eigenvalue weighted by molar-refractivity contribution is 0.0933. The Morgan fingerprint density at radius 2 is 1.73 bits per heavy atom. The van der Waals surface area contributed by atoms with Gasteiger partial charge in [0.15, 0.2) is 0 Å². The largest absolute Gasteiger partial charge is 0.348 e. The zero-order chi connectivity index (χ0) is 18.1. The molecular formula is C22H29N3O. The molecule has 1 unspecified atom stereocenters. The average Bonchev–Trinajstić information content (AvgIpc) is 3.11. The van der Waals surface area contributed by atoms with E-state index in [1.54, 1.807) is 0 Å². The quantitative estimate of drug-likeness (QED) is 0.923. The van der Waals surface area contributed by atoms with Crippen LogP contribution in [0, 0.1) is 6.92 Å². The second-order valence-electron chi connectivity index (χ2n) is 7.96. The van der Waals surface area contributed by atoms with E-state index in [-0.39, 0.29) is 11.9 Å². The standard InChI is InChI=1S/C22H29N3O/c1-16-7-8-21(20-6-4-3-5-19(16)20)22(26)23-17-9-14-25(15-17)18-10-12-24(2)13-11-18/h3-8,17-18H,9-15H2,1-2H3,(H,23,26). The maximum absolute atomic E-state index is 12.9. The Morgan fingerprint density at radius 3 is 2.50 bits per heavy atom. The van der Waals surface area contributed by atoms with Gasteiger partial charge in [0, 0.05) is 30.7 Å². The lowest BCUT2D eigenvalue weighted by Crippen LogP contribution is -2.44. The molecule has 2 aromatic carbocycles. The highest BCUT2D eigenvalue weighted by Gasteiger charge is 2.31. The van der Waals surface area contributed by atoms with Crippen molar-refractivity contribution in [3.8, 4) is 0 Å². The summed E-state index contributed by atoms with van der Waals surface area (Å²) in [6, 6.07) is 13.2. The SMILES string of the molecule is Cc1ccc(C(=O)NC2CCN(C3CCN(C)CC3)C2)c2ccccc12. The minimum Gasteiger partial charge on any atom is -0.348 e. The maximum atomic E-state index is 12.9. The van der Waals surface area contributed by atoms with Gasteiger partial charge in [0.1, 0.15) is 0 Å². The molecule has 2 fully saturated rings. The van der Waals surface area contributed by atoms with Crippen LogP contribution >= 0.6 is 0 Å². The fourth-order valence-corrected chi connectivity index (χ4v) is 4.51. The van der Waals surface area contributed by atoms with E-state index in [0.717, 1.165) is 30.5 Å². The molecule has 0 aromatic heterocycles. The number of carbonyl (C=O) groups excluding carboxylic acids is 1. The maximum Gasteiger partial charge on any atom is 0.252 e. The molecule has 4 heteroatoms. The zero-order valence-electron chi connectivity index (χ0n) is 15.9. The summed E-state index contributed by atoms with van der Waals surface area (Å²) in [7, 11) is 2.20. The highest BCUT2D eigenvalue weighted by Crippen LogP contribution is 2.24. The van der Waals surface area contributed by atoms with Gasteiger partial charge in [-0.15, -0.1) is 0 Å². The van der Waals surface area contributed by atoms with E-state index in [2.05, 4.69) is 47.3 Å². The molecule has 1 atom stereocenters. The van der Waals surface area contributed by atoms with Crippen molar-refractivity contribution in [3.05, 3.63) is 47.5 Å². The molecule has 2 saturated heterocycles. The Labute approximate surface area is 156 Å². The van der Waals surface area contributed by atoms with Crippen molar-refractivity contribution in [2.45, 2.75) is 38.3 Å². The minimum absolute atomic E-state index is 0.0661. The number of likely N-dealkylation sites (tertiary alicyclic amines) is 2. The summed E-state index contributed by atoms with van der Waals surface area (Å²) in [6.45, 7) is 6.57. The number of aryl methyl sites for hydroxylation is 1. The number of rotatable bonds is 3. The van der Waals surface area contributed by atoms with Crippen LogP contribution in [-0.4, -0.2) is 61.0 Å². The van der Waals surface area contributed by atoms with Crippen LogP contribution in [-0.2, 0) is 0 Å². The number of amides is 1. The first-order valence-electron chi connectivity index (χ1n) is 9.83. The van der Waals surface area contributed by atoms with Crippen molar-refractivity contribution in [1.29, 1.82) is 0 Å². The van der Waals surface area contributed by atoms with Crippen LogP contribution in [0.15, 0.2) is 36.4 Å². The number of fused-ring (bicyclic) bond motifs is 1.